The summed E-state index contributed by atoms with van der Waals surface area (Å²) in [4.78, 5) is 12.1. The first kappa shape index (κ1) is 14.0. The highest BCUT2D eigenvalue weighted by Crippen LogP contribution is 2.27. The Labute approximate surface area is 121 Å². The zero-order valence-electron chi connectivity index (χ0n) is 10.8. The van der Waals surface area contributed by atoms with E-state index in [-0.39, 0.29) is 5.91 Å². The number of nitrogen functional groups attached to an aromatic ring is 2. The Morgan fingerprint density at radius 1 is 1.15 bits per heavy atom. The lowest BCUT2D eigenvalue weighted by atomic mass is 10.1. The zero-order valence-corrected chi connectivity index (χ0v) is 11.6. The number of amides is 1. The van der Waals surface area contributed by atoms with Gasteiger partial charge in [0, 0.05) is 28.7 Å². The monoisotopic (exact) mass is 291 g/mol. The molecule has 0 atom stereocenters. The number of carbonyl (C=O) groups is 1. The van der Waals surface area contributed by atoms with Gasteiger partial charge < -0.3 is 21.5 Å². The first-order valence-electron chi connectivity index (χ1n) is 5.80. The van der Waals surface area contributed by atoms with E-state index in [1.165, 1.54) is 7.11 Å². The summed E-state index contributed by atoms with van der Waals surface area (Å²) >= 11 is 5.92. The van der Waals surface area contributed by atoms with Crippen LogP contribution in [0.1, 0.15) is 10.4 Å². The molecule has 5 N–H and O–H groups in total. The van der Waals surface area contributed by atoms with E-state index in [1.54, 1.807) is 36.4 Å². The van der Waals surface area contributed by atoms with Crippen LogP contribution in [0, 0.1) is 0 Å². The Morgan fingerprint density at radius 2 is 1.80 bits per heavy atom. The zero-order chi connectivity index (χ0) is 14.7. The van der Waals surface area contributed by atoms with Gasteiger partial charge in [0.25, 0.3) is 5.91 Å². The molecule has 2 rings (SSSR count). The molecule has 5 nitrogen and oxygen atoms in total. The highest BCUT2D eigenvalue weighted by molar-refractivity contribution is 6.32. The van der Waals surface area contributed by atoms with Gasteiger partial charge in [0.05, 0.1) is 12.1 Å². The van der Waals surface area contributed by atoms with Crippen LogP contribution in [0.25, 0.3) is 0 Å². The second-order valence-corrected chi connectivity index (χ2v) is 4.60. The number of benzene rings is 2. The third-order valence-corrected chi connectivity index (χ3v) is 2.96. The molecule has 6 heteroatoms. The Morgan fingerprint density at radius 3 is 2.40 bits per heavy atom. The molecule has 2 aromatic carbocycles. The van der Waals surface area contributed by atoms with E-state index >= 15 is 0 Å². The molecule has 0 bridgehead atoms. The first-order valence-corrected chi connectivity index (χ1v) is 6.18. The number of rotatable bonds is 3. The van der Waals surface area contributed by atoms with E-state index in [9.17, 15) is 4.79 Å². The van der Waals surface area contributed by atoms with Gasteiger partial charge >= 0.3 is 0 Å². The highest BCUT2D eigenvalue weighted by atomic mass is 35.5. The Balaban J connectivity index is 2.23. The number of anilines is 3. The lowest BCUT2D eigenvalue weighted by Crippen LogP contribution is -2.12. The van der Waals surface area contributed by atoms with Gasteiger partial charge in [-0.3, -0.25) is 4.79 Å². The van der Waals surface area contributed by atoms with Crippen molar-refractivity contribution < 1.29 is 9.53 Å². The molecule has 104 valence electrons. The molecule has 0 saturated heterocycles. The molecule has 20 heavy (non-hydrogen) atoms. The third-order valence-electron chi connectivity index (χ3n) is 2.65. The van der Waals surface area contributed by atoms with E-state index in [2.05, 4.69) is 5.32 Å². The minimum atomic E-state index is -0.312. The summed E-state index contributed by atoms with van der Waals surface area (Å²) in [5, 5.41) is 3.20. The van der Waals surface area contributed by atoms with Crippen molar-refractivity contribution in [3.8, 4) is 5.75 Å². The second-order valence-electron chi connectivity index (χ2n) is 4.19. The third kappa shape index (κ3) is 3.13. The van der Waals surface area contributed by atoms with E-state index < -0.39 is 0 Å². The fraction of sp³-hybridized carbons (Fsp3) is 0.0714. The van der Waals surface area contributed by atoms with Crippen molar-refractivity contribution in [1.29, 1.82) is 0 Å². The summed E-state index contributed by atoms with van der Waals surface area (Å²) in [6.45, 7) is 0. The quantitative estimate of drug-likeness (QED) is 0.758. The fourth-order valence-electron chi connectivity index (χ4n) is 1.75. The smallest absolute Gasteiger partial charge is 0.255 e. The van der Waals surface area contributed by atoms with Crippen LogP contribution in [0.4, 0.5) is 17.1 Å². The lowest BCUT2D eigenvalue weighted by molar-refractivity contribution is 0.102. The summed E-state index contributed by atoms with van der Waals surface area (Å²) in [5.41, 5.74) is 13.1. The standard InChI is InChI=1S/C14H14ClN3O2/c1-20-13-7-11(2-3-12(13)15)18-14(19)8-4-9(16)6-10(17)5-8/h2-7H,16-17H2,1H3,(H,18,19). The lowest BCUT2D eigenvalue weighted by Gasteiger charge is -2.09. The van der Waals surface area contributed by atoms with Gasteiger partial charge in [-0.1, -0.05) is 11.6 Å². The maximum Gasteiger partial charge on any atom is 0.255 e. The van der Waals surface area contributed by atoms with Crippen LogP contribution in [-0.4, -0.2) is 13.0 Å². The topological polar surface area (TPSA) is 90.4 Å². The number of halogens is 1. The van der Waals surface area contributed by atoms with Crippen LogP contribution in [0.5, 0.6) is 5.75 Å². The van der Waals surface area contributed by atoms with Gasteiger partial charge in [-0.2, -0.15) is 0 Å². The molecule has 1 amide bonds. The number of carbonyl (C=O) groups excluding carboxylic acids is 1. The van der Waals surface area contributed by atoms with Crippen LogP contribution in [-0.2, 0) is 0 Å². The molecule has 2 aromatic rings. The summed E-state index contributed by atoms with van der Waals surface area (Å²) in [6.07, 6.45) is 0. The van der Waals surface area contributed by atoms with Crippen LogP contribution < -0.4 is 21.5 Å². The van der Waals surface area contributed by atoms with Crippen molar-refractivity contribution in [2.75, 3.05) is 23.9 Å². The van der Waals surface area contributed by atoms with Crippen molar-refractivity contribution >= 4 is 34.6 Å². The predicted molar refractivity (Wildman–Crippen MR) is 81.2 cm³/mol. The van der Waals surface area contributed by atoms with Crippen molar-refractivity contribution in [2.45, 2.75) is 0 Å². The van der Waals surface area contributed by atoms with Crippen LogP contribution in [0.2, 0.25) is 5.02 Å². The second kappa shape index (κ2) is 5.71. The molecule has 0 unspecified atom stereocenters. The first-order chi connectivity index (χ1) is 9.49. The molecule has 0 radical (unpaired) electrons. The van der Waals surface area contributed by atoms with Crippen molar-refractivity contribution in [3.63, 3.8) is 0 Å². The number of ether oxygens (including phenoxy) is 1. The summed E-state index contributed by atoms with van der Waals surface area (Å²) in [6, 6.07) is 9.65. The van der Waals surface area contributed by atoms with Crippen LogP contribution in [0.15, 0.2) is 36.4 Å². The van der Waals surface area contributed by atoms with E-state index in [0.717, 1.165) is 0 Å². The van der Waals surface area contributed by atoms with E-state index in [4.69, 9.17) is 27.8 Å². The molecule has 0 saturated carbocycles. The molecule has 0 aliphatic heterocycles. The van der Waals surface area contributed by atoms with Gasteiger partial charge in [-0.15, -0.1) is 0 Å². The van der Waals surface area contributed by atoms with Gasteiger partial charge in [0.1, 0.15) is 5.75 Å². The average molecular weight is 292 g/mol. The number of nitrogens with one attached hydrogen (secondary N) is 1. The molecule has 0 fully saturated rings. The summed E-state index contributed by atoms with van der Waals surface area (Å²) < 4.78 is 5.09. The summed E-state index contributed by atoms with van der Waals surface area (Å²) in [5.74, 6) is 0.171. The SMILES string of the molecule is COc1cc(NC(=O)c2cc(N)cc(N)c2)ccc1Cl. The fourth-order valence-corrected chi connectivity index (χ4v) is 1.94. The number of nitrogens with two attached hydrogens (primary N) is 2. The number of hydrogen-bond acceptors (Lipinski definition) is 4. The van der Waals surface area contributed by atoms with E-state index in [0.29, 0.717) is 33.4 Å². The van der Waals surface area contributed by atoms with Crippen LogP contribution in [0.3, 0.4) is 0 Å². The van der Waals surface area contributed by atoms with Gasteiger partial charge in [-0.05, 0) is 30.3 Å². The van der Waals surface area contributed by atoms with Gasteiger partial charge in [0.15, 0.2) is 0 Å². The molecule has 0 aromatic heterocycles. The van der Waals surface area contributed by atoms with Gasteiger partial charge in [-0.25, -0.2) is 0 Å². The Kier molecular flexibility index (Phi) is 4.00. The molecular formula is C14H14ClN3O2. The van der Waals surface area contributed by atoms with E-state index in [1.807, 2.05) is 0 Å². The highest BCUT2D eigenvalue weighted by Gasteiger charge is 2.09. The average Bonchev–Trinajstić information content (AvgIpc) is 2.39. The Hall–Kier alpha value is -2.40. The predicted octanol–water partition coefficient (Wildman–Crippen LogP) is 2.77. The maximum absolute atomic E-state index is 12.1. The molecule has 0 heterocycles. The molecular weight excluding hydrogens is 278 g/mol. The minimum absolute atomic E-state index is 0.312. The Bertz CT molecular complexity index is 639. The van der Waals surface area contributed by atoms with Crippen molar-refractivity contribution in [3.05, 3.63) is 47.0 Å². The molecule has 0 spiro atoms. The normalized spacial score (nSPS) is 10.1. The van der Waals surface area contributed by atoms with Gasteiger partial charge in [0.2, 0.25) is 0 Å². The van der Waals surface area contributed by atoms with Crippen molar-refractivity contribution in [1.82, 2.24) is 0 Å². The number of hydrogen-bond donors (Lipinski definition) is 3. The number of methoxy groups -OCH3 is 1. The van der Waals surface area contributed by atoms with Crippen molar-refractivity contribution in [2.24, 2.45) is 0 Å². The van der Waals surface area contributed by atoms with Crippen LogP contribution >= 0.6 is 11.6 Å². The largest absolute Gasteiger partial charge is 0.495 e. The minimum Gasteiger partial charge on any atom is -0.495 e. The molecule has 0 aliphatic carbocycles. The maximum atomic E-state index is 12.1. The summed E-state index contributed by atoms with van der Waals surface area (Å²) in [7, 11) is 1.51. The molecule has 0 aliphatic rings.